The summed E-state index contributed by atoms with van der Waals surface area (Å²) >= 11 is 0. The molecule has 4 heteroatoms. The number of ether oxygens (including phenoxy) is 1. The molecule has 0 aliphatic rings. The average Bonchev–Trinajstić information content (AvgIpc) is 2.82. The highest BCUT2D eigenvalue weighted by molar-refractivity contribution is 6.15. The fraction of sp³-hybridized carbons (Fsp3) is 0.0741. The number of carbonyl (C=O) groups is 3. The van der Waals surface area contributed by atoms with Crippen molar-refractivity contribution in [3.05, 3.63) is 119 Å². The third-order valence-corrected chi connectivity index (χ3v) is 5.13. The smallest absolute Gasteiger partial charge is 0.339 e. The van der Waals surface area contributed by atoms with Crippen molar-refractivity contribution in [2.24, 2.45) is 0 Å². The number of aryl methyl sites for hydroxylation is 1. The van der Waals surface area contributed by atoms with E-state index in [0.717, 1.165) is 16.3 Å². The van der Waals surface area contributed by atoms with Gasteiger partial charge in [0.25, 0.3) is 0 Å². The minimum absolute atomic E-state index is 0.138. The van der Waals surface area contributed by atoms with Crippen LogP contribution in [0, 0.1) is 6.92 Å². The maximum absolute atomic E-state index is 12.9. The number of rotatable bonds is 6. The summed E-state index contributed by atoms with van der Waals surface area (Å²) in [6.45, 7) is 1.53. The Morgan fingerprint density at radius 1 is 0.677 bits per heavy atom. The molecular formula is C27H20O4. The largest absolute Gasteiger partial charge is 0.454 e. The SMILES string of the molecule is Cc1ccc(C(=O)c2ccccc2C(=O)OCC(=O)c2cccc3ccccc23)cc1. The third kappa shape index (κ3) is 4.28. The predicted octanol–water partition coefficient (Wildman–Crippen LogP) is 5.42. The molecule has 0 radical (unpaired) electrons. The zero-order chi connectivity index (χ0) is 21.8. The number of hydrogen-bond acceptors (Lipinski definition) is 4. The Bertz CT molecular complexity index is 1280. The molecule has 0 amide bonds. The highest BCUT2D eigenvalue weighted by atomic mass is 16.5. The van der Waals surface area contributed by atoms with Gasteiger partial charge in [-0.05, 0) is 23.8 Å². The highest BCUT2D eigenvalue weighted by Gasteiger charge is 2.20. The summed E-state index contributed by atoms with van der Waals surface area (Å²) in [6, 6.07) is 26.6. The Balaban J connectivity index is 1.53. The lowest BCUT2D eigenvalue weighted by Crippen LogP contribution is -2.17. The van der Waals surface area contributed by atoms with Gasteiger partial charge in [-0.2, -0.15) is 0 Å². The number of Topliss-reactive ketones (excluding diaryl/α,β-unsaturated/α-hetero) is 1. The molecule has 4 nitrogen and oxygen atoms in total. The standard InChI is InChI=1S/C27H20O4/c1-18-13-15-20(16-14-18)26(29)23-10-4-5-11-24(23)27(30)31-17-25(28)22-12-6-8-19-7-2-3-9-21(19)22/h2-16H,17H2,1H3. The molecule has 0 fully saturated rings. The Kier molecular flexibility index (Phi) is 5.72. The van der Waals surface area contributed by atoms with Crippen LogP contribution in [-0.4, -0.2) is 24.1 Å². The average molecular weight is 408 g/mol. The first-order valence-electron chi connectivity index (χ1n) is 9.93. The van der Waals surface area contributed by atoms with Crippen LogP contribution in [0.4, 0.5) is 0 Å². The second-order valence-electron chi connectivity index (χ2n) is 7.27. The van der Waals surface area contributed by atoms with Crippen molar-refractivity contribution in [1.29, 1.82) is 0 Å². The van der Waals surface area contributed by atoms with Gasteiger partial charge in [0.15, 0.2) is 12.4 Å². The normalized spacial score (nSPS) is 10.6. The number of fused-ring (bicyclic) bond motifs is 1. The summed E-state index contributed by atoms with van der Waals surface area (Å²) in [7, 11) is 0. The van der Waals surface area contributed by atoms with Gasteiger partial charge >= 0.3 is 5.97 Å². The second-order valence-corrected chi connectivity index (χ2v) is 7.27. The Hall–Kier alpha value is -4.05. The van der Waals surface area contributed by atoms with Gasteiger partial charge in [-0.3, -0.25) is 9.59 Å². The first-order valence-corrected chi connectivity index (χ1v) is 9.93. The van der Waals surface area contributed by atoms with Crippen LogP contribution in [0.15, 0.2) is 91.0 Å². The van der Waals surface area contributed by atoms with E-state index in [1.807, 2.05) is 49.4 Å². The van der Waals surface area contributed by atoms with Gasteiger partial charge in [-0.1, -0.05) is 90.5 Å². The van der Waals surface area contributed by atoms with Crippen LogP contribution in [-0.2, 0) is 4.74 Å². The molecule has 0 heterocycles. The van der Waals surface area contributed by atoms with Gasteiger partial charge in [-0.25, -0.2) is 4.79 Å². The number of benzene rings is 4. The van der Waals surface area contributed by atoms with E-state index in [-0.39, 0.29) is 22.7 Å². The fourth-order valence-electron chi connectivity index (χ4n) is 3.47. The zero-order valence-electron chi connectivity index (χ0n) is 17.0. The summed E-state index contributed by atoms with van der Waals surface area (Å²) in [5, 5.41) is 1.75. The van der Waals surface area contributed by atoms with Crippen LogP contribution in [0.25, 0.3) is 10.8 Å². The third-order valence-electron chi connectivity index (χ3n) is 5.13. The lowest BCUT2D eigenvalue weighted by atomic mass is 9.98. The van der Waals surface area contributed by atoms with E-state index in [1.54, 1.807) is 42.5 Å². The van der Waals surface area contributed by atoms with E-state index >= 15 is 0 Å². The molecule has 0 atom stereocenters. The number of carbonyl (C=O) groups excluding carboxylic acids is 3. The van der Waals surface area contributed by atoms with Crippen molar-refractivity contribution in [3.8, 4) is 0 Å². The molecular weight excluding hydrogens is 388 g/mol. The Morgan fingerprint density at radius 3 is 2.06 bits per heavy atom. The van der Waals surface area contributed by atoms with Crippen molar-refractivity contribution in [2.45, 2.75) is 6.92 Å². The molecule has 0 saturated heterocycles. The van der Waals surface area contributed by atoms with Gasteiger partial charge in [0.1, 0.15) is 0 Å². The second kappa shape index (κ2) is 8.76. The molecule has 4 aromatic rings. The van der Waals surface area contributed by atoms with Crippen LogP contribution in [0.3, 0.4) is 0 Å². The van der Waals surface area contributed by atoms with Crippen molar-refractivity contribution < 1.29 is 19.1 Å². The van der Waals surface area contributed by atoms with E-state index < -0.39 is 12.6 Å². The van der Waals surface area contributed by atoms with Crippen LogP contribution in [0.2, 0.25) is 0 Å². The van der Waals surface area contributed by atoms with E-state index in [1.165, 1.54) is 6.07 Å². The summed E-state index contributed by atoms with van der Waals surface area (Å²) in [6.07, 6.45) is 0. The summed E-state index contributed by atoms with van der Waals surface area (Å²) < 4.78 is 5.30. The molecule has 0 saturated carbocycles. The molecule has 0 aliphatic carbocycles. The molecule has 4 rings (SSSR count). The lowest BCUT2D eigenvalue weighted by molar-refractivity contribution is 0.0473. The molecule has 0 unspecified atom stereocenters. The van der Waals surface area contributed by atoms with Gasteiger partial charge in [0, 0.05) is 16.7 Å². The van der Waals surface area contributed by atoms with E-state index in [0.29, 0.717) is 11.1 Å². The van der Waals surface area contributed by atoms with E-state index in [4.69, 9.17) is 4.74 Å². The topological polar surface area (TPSA) is 60.4 Å². The summed E-state index contributed by atoms with van der Waals surface area (Å²) in [5.41, 5.74) is 2.40. The van der Waals surface area contributed by atoms with Crippen LogP contribution in [0.1, 0.15) is 42.2 Å². The first kappa shape index (κ1) is 20.2. The highest BCUT2D eigenvalue weighted by Crippen LogP contribution is 2.20. The van der Waals surface area contributed by atoms with Gasteiger partial charge in [0.2, 0.25) is 5.78 Å². The minimum atomic E-state index is -0.704. The number of hydrogen-bond donors (Lipinski definition) is 0. The zero-order valence-corrected chi connectivity index (χ0v) is 17.0. The molecule has 152 valence electrons. The maximum Gasteiger partial charge on any atom is 0.339 e. The molecule has 0 aromatic heterocycles. The first-order chi connectivity index (χ1) is 15.0. The van der Waals surface area contributed by atoms with Crippen molar-refractivity contribution in [3.63, 3.8) is 0 Å². The summed E-state index contributed by atoms with van der Waals surface area (Å²) in [5.74, 6) is -1.27. The molecule has 0 spiro atoms. The molecule has 31 heavy (non-hydrogen) atoms. The quantitative estimate of drug-likeness (QED) is 0.316. The minimum Gasteiger partial charge on any atom is -0.454 e. The van der Waals surface area contributed by atoms with Crippen LogP contribution in [0.5, 0.6) is 0 Å². The van der Waals surface area contributed by atoms with Crippen molar-refractivity contribution >= 4 is 28.3 Å². The predicted molar refractivity (Wildman–Crippen MR) is 120 cm³/mol. The van der Waals surface area contributed by atoms with E-state index in [2.05, 4.69) is 0 Å². The number of esters is 1. The van der Waals surface area contributed by atoms with Gasteiger partial charge < -0.3 is 4.74 Å². The van der Waals surface area contributed by atoms with Crippen molar-refractivity contribution in [2.75, 3.05) is 6.61 Å². The monoisotopic (exact) mass is 408 g/mol. The molecule has 0 N–H and O–H groups in total. The van der Waals surface area contributed by atoms with Gasteiger partial charge in [0.05, 0.1) is 5.56 Å². The molecule has 0 aliphatic heterocycles. The fourth-order valence-corrected chi connectivity index (χ4v) is 3.47. The summed E-state index contributed by atoms with van der Waals surface area (Å²) in [4.78, 5) is 38.4. The lowest BCUT2D eigenvalue weighted by Gasteiger charge is -2.10. The van der Waals surface area contributed by atoms with Crippen LogP contribution >= 0.6 is 0 Å². The van der Waals surface area contributed by atoms with Crippen LogP contribution < -0.4 is 0 Å². The maximum atomic E-state index is 12.9. The molecule has 4 aromatic carbocycles. The Morgan fingerprint density at radius 2 is 1.29 bits per heavy atom. The van der Waals surface area contributed by atoms with Crippen molar-refractivity contribution in [1.82, 2.24) is 0 Å². The molecule has 0 bridgehead atoms. The number of ketones is 2. The van der Waals surface area contributed by atoms with E-state index in [9.17, 15) is 14.4 Å². The van der Waals surface area contributed by atoms with Gasteiger partial charge in [-0.15, -0.1) is 0 Å². The Labute approximate surface area is 180 Å².